The highest BCUT2D eigenvalue weighted by Crippen LogP contribution is 2.32. The molecule has 0 atom stereocenters. The van der Waals surface area contributed by atoms with Crippen molar-refractivity contribution in [2.75, 3.05) is 0 Å². The van der Waals surface area contributed by atoms with Crippen molar-refractivity contribution in [1.82, 2.24) is 4.98 Å². The maximum atomic E-state index is 12.4. The number of nitrogens with one attached hydrogen (secondary N) is 1. The summed E-state index contributed by atoms with van der Waals surface area (Å²) in [6.45, 7) is 0. The van der Waals surface area contributed by atoms with E-state index in [1.165, 1.54) is 6.07 Å². The molecule has 0 spiro atoms. The maximum absolute atomic E-state index is 12.4. The second-order valence-corrected chi connectivity index (χ2v) is 4.96. The van der Waals surface area contributed by atoms with Gasteiger partial charge in [-0.1, -0.05) is 30.0 Å². The first-order chi connectivity index (χ1) is 9.38. The van der Waals surface area contributed by atoms with Gasteiger partial charge in [-0.05, 0) is 18.2 Å². The Kier molecular flexibility index (Phi) is 3.99. The number of rotatable bonds is 3. The standard InChI is InChI=1S/C13H10F3N3S/c14-13(15,16)8-5-6-11(19-7-8)20-10-4-2-1-3-9(10)12(17)18/h1-7H,(H3,17,18). The van der Waals surface area contributed by atoms with E-state index in [2.05, 4.69) is 4.98 Å². The van der Waals surface area contributed by atoms with Crippen LogP contribution in [0.1, 0.15) is 11.1 Å². The van der Waals surface area contributed by atoms with Gasteiger partial charge in [-0.25, -0.2) is 4.98 Å². The third kappa shape index (κ3) is 3.30. The fourth-order valence-corrected chi connectivity index (χ4v) is 2.40. The largest absolute Gasteiger partial charge is 0.417 e. The number of amidine groups is 1. The predicted molar refractivity (Wildman–Crippen MR) is 70.8 cm³/mol. The lowest BCUT2D eigenvalue weighted by molar-refractivity contribution is -0.137. The van der Waals surface area contributed by atoms with Gasteiger partial charge < -0.3 is 5.73 Å². The molecule has 0 saturated heterocycles. The van der Waals surface area contributed by atoms with Gasteiger partial charge in [-0.2, -0.15) is 13.2 Å². The van der Waals surface area contributed by atoms with E-state index in [-0.39, 0.29) is 5.84 Å². The zero-order valence-corrected chi connectivity index (χ0v) is 10.9. The Morgan fingerprint density at radius 1 is 1.15 bits per heavy atom. The first-order valence-electron chi connectivity index (χ1n) is 5.52. The molecule has 0 aliphatic rings. The third-order valence-electron chi connectivity index (χ3n) is 2.46. The molecule has 20 heavy (non-hydrogen) atoms. The lowest BCUT2D eigenvalue weighted by atomic mass is 10.2. The van der Waals surface area contributed by atoms with Crippen molar-refractivity contribution in [3.8, 4) is 0 Å². The van der Waals surface area contributed by atoms with Crippen LogP contribution < -0.4 is 5.73 Å². The van der Waals surface area contributed by atoms with Crippen LogP contribution in [-0.4, -0.2) is 10.8 Å². The Morgan fingerprint density at radius 3 is 2.40 bits per heavy atom. The number of halogens is 3. The minimum atomic E-state index is -4.40. The molecular weight excluding hydrogens is 287 g/mol. The number of nitrogens with two attached hydrogens (primary N) is 1. The fraction of sp³-hybridized carbons (Fsp3) is 0.0769. The highest BCUT2D eigenvalue weighted by molar-refractivity contribution is 7.99. The zero-order valence-electron chi connectivity index (χ0n) is 10.1. The van der Waals surface area contributed by atoms with E-state index in [4.69, 9.17) is 11.1 Å². The second-order valence-electron chi connectivity index (χ2n) is 3.89. The molecule has 0 saturated carbocycles. The van der Waals surface area contributed by atoms with Gasteiger partial charge in [0.25, 0.3) is 0 Å². The molecule has 2 rings (SSSR count). The Labute approximate surface area is 117 Å². The molecule has 1 heterocycles. The summed E-state index contributed by atoms with van der Waals surface area (Å²) in [5.41, 5.74) is 5.19. The van der Waals surface area contributed by atoms with E-state index in [9.17, 15) is 13.2 Å². The van der Waals surface area contributed by atoms with Gasteiger partial charge in [-0.3, -0.25) is 5.41 Å². The van der Waals surface area contributed by atoms with Gasteiger partial charge in [0, 0.05) is 16.7 Å². The van der Waals surface area contributed by atoms with Crippen molar-refractivity contribution in [2.24, 2.45) is 5.73 Å². The quantitative estimate of drug-likeness (QED) is 0.673. The van der Waals surface area contributed by atoms with Crippen LogP contribution in [0.15, 0.2) is 52.5 Å². The monoisotopic (exact) mass is 297 g/mol. The summed E-state index contributed by atoms with van der Waals surface area (Å²) in [6, 6.07) is 9.19. The normalized spacial score (nSPS) is 11.3. The van der Waals surface area contributed by atoms with Crippen molar-refractivity contribution in [1.29, 1.82) is 5.41 Å². The minimum absolute atomic E-state index is 0.0972. The van der Waals surface area contributed by atoms with E-state index in [1.54, 1.807) is 24.3 Å². The van der Waals surface area contributed by atoms with E-state index in [0.29, 0.717) is 15.5 Å². The van der Waals surface area contributed by atoms with E-state index in [1.807, 2.05) is 0 Å². The fourth-order valence-electron chi connectivity index (χ4n) is 1.50. The molecule has 0 fully saturated rings. The van der Waals surface area contributed by atoms with Gasteiger partial charge in [0.15, 0.2) is 0 Å². The number of aromatic nitrogens is 1. The summed E-state index contributed by atoms with van der Waals surface area (Å²) >= 11 is 1.16. The zero-order chi connectivity index (χ0) is 14.8. The van der Waals surface area contributed by atoms with Crippen molar-refractivity contribution < 1.29 is 13.2 Å². The Bertz CT molecular complexity index is 624. The molecule has 0 radical (unpaired) electrons. The molecule has 0 aliphatic carbocycles. The van der Waals surface area contributed by atoms with E-state index in [0.717, 1.165) is 24.0 Å². The Hall–Kier alpha value is -2.02. The van der Waals surface area contributed by atoms with Crippen molar-refractivity contribution >= 4 is 17.6 Å². The Morgan fingerprint density at radius 2 is 1.85 bits per heavy atom. The number of benzene rings is 1. The smallest absolute Gasteiger partial charge is 0.384 e. The van der Waals surface area contributed by atoms with Crippen molar-refractivity contribution in [3.63, 3.8) is 0 Å². The van der Waals surface area contributed by atoms with E-state index < -0.39 is 11.7 Å². The molecule has 0 bridgehead atoms. The molecule has 7 heteroatoms. The Balaban J connectivity index is 2.25. The van der Waals surface area contributed by atoms with E-state index >= 15 is 0 Å². The summed E-state index contributed by atoms with van der Waals surface area (Å²) in [5, 5.41) is 7.86. The average molecular weight is 297 g/mol. The predicted octanol–water partition coefficient (Wildman–Crippen LogP) is 3.54. The van der Waals surface area contributed by atoms with Gasteiger partial charge in [-0.15, -0.1) is 0 Å². The highest BCUT2D eigenvalue weighted by Gasteiger charge is 2.30. The first kappa shape index (κ1) is 14.4. The summed E-state index contributed by atoms with van der Waals surface area (Å²) < 4.78 is 37.3. The number of hydrogen-bond donors (Lipinski definition) is 2. The van der Waals surface area contributed by atoms with Crippen LogP contribution >= 0.6 is 11.8 Å². The molecule has 0 unspecified atom stereocenters. The number of nitrogens with zero attached hydrogens (tertiary/aromatic N) is 1. The van der Waals surface area contributed by atoms with Crippen LogP contribution in [-0.2, 0) is 6.18 Å². The van der Waals surface area contributed by atoms with Gasteiger partial charge in [0.1, 0.15) is 10.9 Å². The SMILES string of the molecule is N=C(N)c1ccccc1Sc1ccc(C(F)(F)F)cn1. The molecule has 0 amide bonds. The molecule has 3 nitrogen and oxygen atoms in total. The number of pyridine rings is 1. The summed E-state index contributed by atoms with van der Waals surface area (Å²) in [5.74, 6) is -0.0972. The lowest BCUT2D eigenvalue weighted by Gasteiger charge is -2.08. The maximum Gasteiger partial charge on any atom is 0.417 e. The first-order valence-corrected chi connectivity index (χ1v) is 6.34. The van der Waals surface area contributed by atoms with Crippen LogP contribution in [0.25, 0.3) is 0 Å². The highest BCUT2D eigenvalue weighted by atomic mass is 32.2. The second kappa shape index (κ2) is 5.54. The van der Waals surface area contributed by atoms with Crippen LogP contribution in [0, 0.1) is 5.41 Å². The van der Waals surface area contributed by atoms with Crippen molar-refractivity contribution in [3.05, 3.63) is 53.7 Å². The van der Waals surface area contributed by atoms with Crippen LogP contribution in [0.2, 0.25) is 0 Å². The minimum Gasteiger partial charge on any atom is -0.384 e. The number of hydrogen-bond acceptors (Lipinski definition) is 3. The summed E-state index contributed by atoms with van der Waals surface area (Å²) in [6.07, 6.45) is -3.60. The van der Waals surface area contributed by atoms with Crippen LogP contribution in [0.4, 0.5) is 13.2 Å². The van der Waals surface area contributed by atoms with Gasteiger partial charge in [0.2, 0.25) is 0 Å². The molecule has 0 aliphatic heterocycles. The summed E-state index contributed by atoms with van der Waals surface area (Å²) in [7, 11) is 0. The molecular formula is C13H10F3N3S. The lowest BCUT2D eigenvalue weighted by Crippen LogP contribution is -2.12. The number of alkyl halides is 3. The average Bonchev–Trinajstić information content (AvgIpc) is 2.38. The van der Waals surface area contributed by atoms with Crippen LogP contribution in [0.5, 0.6) is 0 Å². The van der Waals surface area contributed by atoms with Gasteiger partial charge in [0.05, 0.1) is 5.56 Å². The molecule has 1 aromatic heterocycles. The molecule has 3 N–H and O–H groups in total. The van der Waals surface area contributed by atoms with Crippen LogP contribution in [0.3, 0.4) is 0 Å². The topological polar surface area (TPSA) is 62.8 Å². The van der Waals surface area contributed by atoms with Gasteiger partial charge >= 0.3 is 6.18 Å². The molecule has 1 aromatic carbocycles. The third-order valence-corrected chi connectivity index (χ3v) is 3.48. The summed E-state index contributed by atoms with van der Waals surface area (Å²) in [4.78, 5) is 4.45. The molecule has 2 aromatic rings. The number of nitrogen functional groups attached to an aromatic ring is 1. The molecule has 104 valence electrons. The van der Waals surface area contributed by atoms with Crippen molar-refractivity contribution in [2.45, 2.75) is 16.1 Å².